The van der Waals surface area contributed by atoms with Gasteiger partial charge < -0.3 is 10.0 Å². The molecule has 8 heteroatoms. The van der Waals surface area contributed by atoms with E-state index in [0.717, 1.165) is 24.7 Å². The van der Waals surface area contributed by atoms with Crippen LogP contribution in [0.1, 0.15) is 29.7 Å². The Kier molecular flexibility index (Phi) is 7.00. The highest BCUT2D eigenvalue weighted by Crippen LogP contribution is 2.45. The van der Waals surface area contributed by atoms with Gasteiger partial charge in [0.2, 0.25) is 5.91 Å². The number of rotatable bonds is 3. The summed E-state index contributed by atoms with van der Waals surface area (Å²) in [6.07, 6.45) is -4.32. The second kappa shape index (κ2) is 9.51. The van der Waals surface area contributed by atoms with Gasteiger partial charge in [0.25, 0.3) is 6.47 Å². The maximum atomic E-state index is 13.0. The second-order valence-electron chi connectivity index (χ2n) is 7.95. The summed E-state index contributed by atoms with van der Waals surface area (Å²) in [5.74, 6) is 0.727. The predicted molar refractivity (Wildman–Crippen MR) is 109 cm³/mol. The molecule has 31 heavy (non-hydrogen) atoms. The zero-order valence-electron chi connectivity index (χ0n) is 17.1. The van der Waals surface area contributed by atoms with E-state index in [1.54, 1.807) is 13.0 Å². The molecule has 2 aliphatic rings. The van der Waals surface area contributed by atoms with Crippen molar-refractivity contribution in [3.8, 4) is 0 Å². The second-order valence-corrected chi connectivity index (χ2v) is 7.95. The van der Waals surface area contributed by atoms with Gasteiger partial charge in [-0.15, -0.1) is 0 Å². The molecule has 0 aromatic heterocycles. The van der Waals surface area contributed by atoms with E-state index in [9.17, 15) is 18.0 Å². The predicted octanol–water partition coefficient (Wildman–Crippen LogP) is 4.06. The van der Waals surface area contributed by atoms with Crippen molar-refractivity contribution in [2.45, 2.75) is 25.7 Å². The van der Waals surface area contributed by atoms with E-state index in [1.165, 1.54) is 12.1 Å². The van der Waals surface area contributed by atoms with Gasteiger partial charge in [0, 0.05) is 39.0 Å². The van der Waals surface area contributed by atoms with Crippen molar-refractivity contribution in [2.24, 2.45) is 11.8 Å². The average molecular weight is 434 g/mol. The minimum atomic E-state index is -4.32. The highest BCUT2D eigenvalue weighted by molar-refractivity contribution is 5.74. The van der Waals surface area contributed by atoms with E-state index in [0.29, 0.717) is 30.5 Å². The molecule has 2 aromatic carbocycles. The average Bonchev–Trinajstić information content (AvgIpc) is 3.26. The summed E-state index contributed by atoms with van der Waals surface area (Å²) in [7, 11) is 0. The first-order chi connectivity index (χ1) is 14.7. The van der Waals surface area contributed by atoms with Gasteiger partial charge in [-0.3, -0.25) is 14.5 Å². The fourth-order valence-electron chi connectivity index (χ4n) is 4.77. The van der Waals surface area contributed by atoms with Gasteiger partial charge in [-0.05, 0) is 23.1 Å². The Bertz CT molecular complexity index is 904. The van der Waals surface area contributed by atoms with E-state index in [2.05, 4.69) is 17.0 Å². The summed E-state index contributed by atoms with van der Waals surface area (Å²) in [5, 5.41) is 6.89. The summed E-state index contributed by atoms with van der Waals surface area (Å²) in [4.78, 5) is 24.7. The van der Waals surface area contributed by atoms with Crippen LogP contribution in [0.3, 0.4) is 0 Å². The fraction of sp³-hybridized carbons (Fsp3) is 0.391. The van der Waals surface area contributed by atoms with Gasteiger partial charge in [0.1, 0.15) is 0 Å². The molecule has 2 fully saturated rings. The van der Waals surface area contributed by atoms with Gasteiger partial charge in [0.15, 0.2) is 0 Å². The van der Waals surface area contributed by atoms with E-state index >= 15 is 0 Å². The first-order valence-corrected chi connectivity index (χ1v) is 10.0. The van der Waals surface area contributed by atoms with Crippen molar-refractivity contribution < 1.29 is 27.9 Å². The number of amides is 1. The Morgan fingerprint density at radius 2 is 1.77 bits per heavy atom. The van der Waals surface area contributed by atoms with Gasteiger partial charge in [0.05, 0.1) is 11.6 Å². The number of hydrogen-bond donors (Lipinski definition) is 1. The van der Waals surface area contributed by atoms with Crippen LogP contribution in [0.4, 0.5) is 13.2 Å². The summed E-state index contributed by atoms with van der Waals surface area (Å²) in [6.45, 7) is 4.15. The van der Waals surface area contributed by atoms with Crippen molar-refractivity contribution in [1.82, 2.24) is 9.80 Å². The standard InChI is InChI=1S/C22H23F3N2O.CH2O2/c1-15(28)27-13-18-12-26(11-16-6-5-9-19(10-16)22(23,24)25)14-20(18)21(27)17-7-3-2-4-8-17;2-1-3/h2-10,18,20-21H,11-14H2,1H3;1H,(H,2,3)/t18-,20-,21-;/m1./s1. The third kappa shape index (κ3) is 5.25. The van der Waals surface area contributed by atoms with E-state index < -0.39 is 11.7 Å². The minimum absolute atomic E-state index is 0.0372. The Balaban J connectivity index is 0.000000858. The lowest BCUT2D eigenvalue weighted by Gasteiger charge is -2.29. The zero-order chi connectivity index (χ0) is 22.6. The van der Waals surface area contributed by atoms with Crippen molar-refractivity contribution >= 4 is 12.4 Å². The molecule has 0 aliphatic carbocycles. The zero-order valence-corrected chi connectivity index (χ0v) is 17.1. The first kappa shape index (κ1) is 22.8. The SMILES string of the molecule is CC(=O)N1C[C@H]2CN(Cc3cccc(C(F)(F)F)c3)C[C@H]2[C@H]1c1ccccc1.O=CO. The normalized spacial score (nSPS) is 23.1. The third-order valence-corrected chi connectivity index (χ3v) is 5.95. The van der Waals surface area contributed by atoms with Crippen LogP contribution in [0.5, 0.6) is 0 Å². The largest absolute Gasteiger partial charge is 0.483 e. The van der Waals surface area contributed by atoms with E-state index in [1.807, 2.05) is 23.1 Å². The molecule has 2 aromatic rings. The summed E-state index contributed by atoms with van der Waals surface area (Å²) < 4.78 is 38.9. The smallest absolute Gasteiger partial charge is 0.416 e. The molecule has 4 rings (SSSR count). The molecule has 0 spiro atoms. The molecular formula is C23H25F3N2O3. The number of carboxylic acid groups (broad SMARTS) is 1. The van der Waals surface area contributed by atoms with Crippen molar-refractivity contribution in [3.05, 3.63) is 71.3 Å². The van der Waals surface area contributed by atoms with Gasteiger partial charge in [-0.1, -0.05) is 48.5 Å². The van der Waals surface area contributed by atoms with Crippen LogP contribution in [0.2, 0.25) is 0 Å². The van der Waals surface area contributed by atoms with Crippen LogP contribution in [0.25, 0.3) is 0 Å². The monoisotopic (exact) mass is 434 g/mol. The van der Waals surface area contributed by atoms with Crippen LogP contribution < -0.4 is 0 Å². The summed E-state index contributed by atoms with van der Waals surface area (Å²) >= 11 is 0. The molecule has 1 N–H and O–H groups in total. The number of halogens is 3. The Labute approximate surface area is 179 Å². The maximum absolute atomic E-state index is 13.0. The highest BCUT2D eigenvalue weighted by atomic mass is 19.4. The van der Waals surface area contributed by atoms with Crippen molar-refractivity contribution in [3.63, 3.8) is 0 Å². The van der Waals surface area contributed by atoms with Crippen LogP contribution in [0.15, 0.2) is 54.6 Å². The lowest BCUT2D eigenvalue weighted by molar-refractivity contribution is -0.137. The van der Waals surface area contributed by atoms with Crippen molar-refractivity contribution in [2.75, 3.05) is 19.6 Å². The molecule has 0 unspecified atom stereocenters. The number of fused-ring (bicyclic) bond motifs is 1. The van der Waals surface area contributed by atoms with Crippen LogP contribution in [0, 0.1) is 11.8 Å². The number of alkyl halides is 3. The number of likely N-dealkylation sites (tertiary alicyclic amines) is 2. The molecule has 0 bridgehead atoms. The summed E-state index contributed by atoms with van der Waals surface area (Å²) in [5.41, 5.74) is 1.20. The Morgan fingerprint density at radius 1 is 1.10 bits per heavy atom. The highest BCUT2D eigenvalue weighted by Gasteiger charge is 2.48. The van der Waals surface area contributed by atoms with Crippen LogP contribution in [-0.4, -0.2) is 46.9 Å². The van der Waals surface area contributed by atoms with Crippen molar-refractivity contribution in [1.29, 1.82) is 0 Å². The van der Waals surface area contributed by atoms with E-state index in [-0.39, 0.29) is 18.4 Å². The molecule has 2 saturated heterocycles. The summed E-state index contributed by atoms with van der Waals surface area (Å²) in [6, 6.07) is 15.6. The molecule has 2 aliphatic heterocycles. The first-order valence-electron chi connectivity index (χ1n) is 10.0. The Hall–Kier alpha value is -2.87. The van der Waals surface area contributed by atoms with Gasteiger partial charge in [-0.25, -0.2) is 0 Å². The minimum Gasteiger partial charge on any atom is -0.483 e. The lowest BCUT2D eigenvalue weighted by atomic mass is 9.89. The van der Waals surface area contributed by atoms with Crippen LogP contribution in [-0.2, 0) is 22.3 Å². The van der Waals surface area contributed by atoms with Gasteiger partial charge in [-0.2, -0.15) is 13.2 Å². The van der Waals surface area contributed by atoms with Crippen LogP contribution >= 0.6 is 0 Å². The number of nitrogens with zero attached hydrogens (tertiary/aromatic N) is 2. The lowest BCUT2D eigenvalue weighted by Crippen LogP contribution is -2.34. The topological polar surface area (TPSA) is 60.9 Å². The molecule has 0 saturated carbocycles. The molecule has 5 nitrogen and oxygen atoms in total. The van der Waals surface area contributed by atoms with Gasteiger partial charge >= 0.3 is 6.18 Å². The number of carbonyl (C=O) groups excluding carboxylic acids is 1. The van der Waals surface area contributed by atoms with E-state index in [4.69, 9.17) is 9.90 Å². The molecule has 1 amide bonds. The quantitative estimate of drug-likeness (QED) is 0.741. The molecule has 2 heterocycles. The Morgan fingerprint density at radius 3 is 2.39 bits per heavy atom. The number of carbonyl (C=O) groups is 2. The number of hydrogen-bond acceptors (Lipinski definition) is 3. The molecule has 166 valence electrons. The number of benzene rings is 2. The third-order valence-electron chi connectivity index (χ3n) is 5.95. The molecule has 0 radical (unpaired) electrons. The maximum Gasteiger partial charge on any atom is 0.416 e. The fourth-order valence-corrected chi connectivity index (χ4v) is 4.77. The molecule has 3 atom stereocenters. The molecular weight excluding hydrogens is 409 g/mol.